The molecule has 3 aromatic rings. The average Bonchev–Trinajstić information content (AvgIpc) is 3.09. The number of hydrogen-bond acceptors (Lipinski definition) is 6. The van der Waals surface area contributed by atoms with E-state index in [0.29, 0.717) is 24.3 Å². The number of rotatable bonds is 5. The molecule has 1 atom stereocenters. The Morgan fingerprint density at radius 2 is 2.10 bits per heavy atom. The second-order valence-corrected chi connectivity index (χ2v) is 7.77. The molecule has 156 valence electrons. The van der Waals surface area contributed by atoms with Crippen LogP contribution in [0.5, 0.6) is 0 Å². The van der Waals surface area contributed by atoms with Gasteiger partial charge in [-0.1, -0.05) is 0 Å². The predicted octanol–water partition coefficient (Wildman–Crippen LogP) is 3.70. The molecule has 7 nitrogen and oxygen atoms in total. The summed E-state index contributed by atoms with van der Waals surface area (Å²) < 4.78 is 17.0. The van der Waals surface area contributed by atoms with Gasteiger partial charge < -0.3 is 10.6 Å². The third-order valence-electron chi connectivity index (χ3n) is 5.17. The maximum Gasteiger partial charge on any atom is 0.155 e. The Morgan fingerprint density at radius 1 is 1.31 bits per heavy atom. The fraction of sp³-hybridized carbons (Fsp3) is 0.500. The van der Waals surface area contributed by atoms with Crippen molar-refractivity contribution in [3.05, 3.63) is 30.4 Å². The quantitative estimate of drug-likeness (QED) is 0.656. The minimum atomic E-state index is -1.29. The van der Waals surface area contributed by atoms with Gasteiger partial charge in [-0.25, -0.2) is 14.4 Å². The van der Waals surface area contributed by atoms with E-state index in [9.17, 15) is 0 Å². The lowest BCUT2D eigenvalue weighted by molar-refractivity contribution is 0.137. The molecule has 0 aliphatic carbocycles. The Hall–Kier alpha value is -2.32. The van der Waals surface area contributed by atoms with Crippen molar-refractivity contribution in [3.63, 3.8) is 0 Å². The summed E-state index contributed by atoms with van der Waals surface area (Å²) in [5.74, 6) is 0.555. The fourth-order valence-corrected chi connectivity index (χ4v) is 3.55. The number of nitrogens with one attached hydrogen (secondary N) is 2. The minimum Gasteiger partial charge on any atom is -0.365 e. The Kier molecular flexibility index (Phi) is 6.33. The van der Waals surface area contributed by atoms with Gasteiger partial charge in [-0.3, -0.25) is 9.67 Å². The summed E-state index contributed by atoms with van der Waals surface area (Å²) >= 11 is 0. The number of pyridine rings is 1. The number of fused-ring (bicyclic) bond motifs is 1. The monoisotopic (exact) mass is 419 g/mol. The molecular weight excluding hydrogens is 393 g/mol. The molecule has 4 rings (SSSR count). The van der Waals surface area contributed by atoms with Crippen LogP contribution in [0.15, 0.2) is 24.7 Å². The van der Waals surface area contributed by atoms with E-state index in [1.165, 1.54) is 0 Å². The van der Waals surface area contributed by atoms with Crippen LogP contribution in [0.4, 0.5) is 10.2 Å². The molecule has 2 N–H and O–H groups in total. The van der Waals surface area contributed by atoms with Gasteiger partial charge in [0.05, 0.1) is 23.4 Å². The third kappa shape index (κ3) is 4.48. The largest absolute Gasteiger partial charge is 0.365 e. The second-order valence-electron chi connectivity index (χ2n) is 7.77. The highest BCUT2D eigenvalue weighted by molar-refractivity contribution is 5.88. The van der Waals surface area contributed by atoms with Crippen molar-refractivity contribution in [1.29, 1.82) is 0 Å². The standard InChI is InChI=1S/C20H26FN7.ClH/c1-13(2)28-10-15(14(3)27-28)16-9-17-18(24-8-7-23-17)19(26-16)25-12-20(21)5-4-6-22-11-20;/h7-10,13,22H,4-6,11-12H2,1-3H3,(H,25,26);1H. The topological polar surface area (TPSA) is 80.5 Å². The minimum absolute atomic E-state index is 0. The van der Waals surface area contributed by atoms with Crippen LogP contribution in [0.2, 0.25) is 0 Å². The molecule has 1 aliphatic rings. The molecule has 3 aromatic heterocycles. The fourth-order valence-electron chi connectivity index (χ4n) is 3.55. The van der Waals surface area contributed by atoms with Crippen LogP contribution < -0.4 is 10.6 Å². The molecular formula is C20H27ClFN7. The van der Waals surface area contributed by atoms with E-state index in [1.54, 1.807) is 12.4 Å². The zero-order chi connectivity index (χ0) is 19.7. The maximum absolute atomic E-state index is 15.0. The molecule has 0 bridgehead atoms. The van der Waals surface area contributed by atoms with E-state index in [2.05, 4.69) is 39.5 Å². The lowest BCUT2D eigenvalue weighted by Gasteiger charge is -2.30. The van der Waals surface area contributed by atoms with Crippen LogP contribution in [0.3, 0.4) is 0 Å². The van der Waals surface area contributed by atoms with E-state index in [1.807, 2.05) is 23.9 Å². The summed E-state index contributed by atoms with van der Waals surface area (Å²) in [7, 11) is 0. The first-order valence-corrected chi connectivity index (χ1v) is 9.77. The Morgan fingerprint density at radius 3 is 2.79 bits per heavy atom. The van der Waals surface area contributed by atoms with Gasteiger partial charge in [0, 0.05) is 36.7 Å². The smallest absolute Gasteiger partial charge is 0.155 e. The Balaban J connectivity index is 0.00000240. The molecule has 1 aliphatic heterocycles. The highest BCUT2D eigenvalue weighted by Crippen LogP contribution is 2.29. The zero-order valence-corrected chi connectivity index (χ0v) is 17.8. The summed E-state index contributed by atoms with van der Waals surface area (Å²) in [4.78, 5) is 13.6. The van der Waals surface area contributed by atoms with Crippen LogP contribution in [0.1, 0.15) is 38.4 Å². The molecule has 0 radical (unpaired) electrons. The Labute approximate surface area is 175 Å². The van der Waals surface area contributed by atoms with Crippen molar-refractivity contribution >= 4 is 29.3 Å². The summed E-state index contributed by atoms with van der Waals surface area (Å²) in [6, 6.07) is 2.17. The van der Waals surface area contributed by atoms with E-state index in [0.717, 1.165) is 35.4 Å². The van der Waals surface area contributed by atoms with Crippen LogP contribution >= 0.6 is 12.4 Å². The number of alkyl halides is 1. The van der Waals surface area contributed by atoms with Gasteiger partial charge in [0.1, 0.15) is 11.2 Å². The summed E-state index contributed by atoms with van der Waals surface area (Å²) in [5.41, 5.74) is 2.68. The number of nitrogens with zero attached hydrogens (tertiary/aromatic N) is 5. The summed E-state index contributed by atoms with van der Waals surface area (Å²) in [6.07, 6.45) is 6.65. The highest BCUT2D eigenvalue weighted by Gasteiger charge is 2.31. The third-order valence-corrected chi connectivity index (χ3v) is 5.17. The first-order chi connectivity index (χ1) is 13.5. The number of aromatic nitrogens is 5. The predicted molar refractivity (Wildman–Crippen MR) is 115 cm³/mol. The molecule has 0 spiro atoms. The summed E-state index contributed by atoms with van der Waals surface area (Å²) in [5, 5.41) is 10.9. The van der Waals surface area contributed by atoms with Crippen LogP contribution in [0.25, 0.3) is 22.3 Å². The van der Waals surface area contributed by atoms with Crippen molar-refractivity contribution in [3.8, 4) is 11.3 Å². The van der Waals surface area contributed by atoms with Crippen molar-refractivity contribution in [2.75, 3.05) is 25.0 Å². The van der Waals surface area contributed by atoms with Crippen LogP contribution in [-0.2, 0) is 0 Å². The summed E-state index contributed by atoms with van der Waals surface area (Å²) in [6.45, 7) is 7.54. The van der Waals surface area contributed by atoms with Crippen molar-refractivity contribution in [2.45, 2.75) is 45.3 Å². The molecule has 1 saturated heterocycles. The van der Waals surface area contributed by atoms with E-state index in [-0.39, 0.29) is 25.0 Å². The van der Waals surface area contributed by atoms with Crippen LogP contribution in [-0.4, -0.2) is 50.0 Å². The zero-order valence-electron chi connectivity index (χ0n) is 16.9. The molecule has 0 aromatic carbocycles. The van der Waals surface area contributed by atoms with Crippen molar-refractivity contribution in [2.24, 2.45) is 0 Å². The number of aryl methyl sites for hydroxylation is 1. The van der Waals surface area contributed by atoms with Gasteiger partial charge in [0.2, 0.25) is 0 Å². The van der Waals surface area contributed by atoms with E-state index < -0.39 is 5.67 Å². The molecule has 29 heavy (non-hydrogen) atoms. The first kappa shape index (κ1) is 21.4. The highest BCUT2D eigenvalue weighted by atomic mass is 35.5. The van der Waals surface area contributed by atoms with Gasteiger partial charge in [0.25, 0.3) is 0 Å². The molecule has 0 saturated carbocycles. The van der Waals surface area contributed by atoms with Gasteiger partial charge >= 0.3 is 0 Å². The number of hydrogen-bond donors (Lipinski definition) is 2. The van der Waals surface area contributed by atoms with E-state index >= 15 is 4.39 Å². The average molecular weight is 420 g/mol. The van der Waals surface area contributed by atoms with Gasteiger partial charge in [-0.05, 0) is 46.2 Å². The molecule has 1 fully saturated rings. The molecule has 1 unspecified atom stereocenters. The first-order valence-electron chi connectivity index (χ1n) is 9.77. The maximum atomic E-state index is 15.0. The van der Waals surface area contributed by atoms with Crippen molar-refractivity contribution < 1.29 is 4.39 Å². The second kappa shape index (κ2) is 8.59. The number of halogens is 2. The Bertz CT molecular complexity index is 982. The van der Waals surface area contributed by atoms with Crippen LogP contribution in [0, 0.1) is 6.92 Å². The van der Waals surface area contributed by atoms with Gasteiger partial charge in [-0.15, -0.1) is 12.4 Å². The molecule has 9 heteroatoms. The van der Waals surface area contributed by atoms with Gasteiger partial charge in [0.15, 0.2) is 5.82 Å². The number of piperidine rings is 1. The van der Waals surface area contributed by atoms with E-state index in [4.69, 9.17) is 4.98 Å². The van der Waals surface area contributed by atoms with Gasteiger partial charge in [-0.2, -0.15) is 5.10 Å². The lowest BCUT2D eigenvalue weighted by Crippen LogP contribution is -2.46. The van der Waals surface area contributed by atoms with Crippen molar-refractivity contribution in [1.82, 2.24) is 30.0 Å². The normalized spacial score (nSPS) is 19.3. The number of anilines is 1. The molecule has 4 heterocycles. The molecule has 0 amide bonds. The SMILES string of the molecule is Cc1nn(C(C)C)cc1-c1cc2nccnc2c(NCC2(F)CCCNC2)n1.Cl. The lowest BCUT2D eigenvalue weighted by atomic mass is 9.96.